The molecule has 6 nitrogen and oxygen atoms in total. The minimum absolute atomic E-state index is 0.138. The molecule has 2 N–H and O–H groups in total. The van der Waals surface area contributed by atoms with Crippen LogP contribution in [-0.4, -0.2) is 46.6 Å². The Morgan fingerprint density at radius 2 is 1.76 bits per heavy atom. The molecule has 1 aromatic carbocycles. The molecular weight excluding hydrogens is 576 g/mol. The number of hydrogen-bond donors (Lipinski definition) is 2. The number of ether oxygens (including phenoxy) is 2. The summed E-state index contributed by atoms with van der Waals surface area (Å²) in [6.45, 7) is 8.61. The second-order valence-electron chi connectivity index (χ2n) is 15.9. The Labute approximate surface area is 277 Å². The number of aliphatic hydroxyl groups is 2. The van der Waals surface area contributed by atoms with E-state index in [1.807, 2.05) is 0 Å². The van der Waals surface area contributed by atoms with Crippen LogP contribution in [0, 0.1) is 34.5 Å². The van der Waals surface area contributed by atoms with Gasteiger partial charge in [0.15, 0.2) is 0 Å². The summed E-state index contributed by atoms with van der Waals surface area (Å²) in [5.41, 5.74) is 0.148. The van der Waals surface area contributed by atoms with Crippen molar-refractivity contribution < 1.29 is 29.3 Å². The van der Waals surface area contributed by atoms with E-state index in [1.165, 1.54) is 31.7 Å². The summed E-state index contributed by atoms with van der Waals surface area (Å²) in [5.74, 6) is 0.106. The molecule has 0 amide bonds. The van der Waals surface area contributed by atoms with E-state index in [2.05, 4.69) is 51.1 Å². The van der Waals surface area contributed by atoms with E-state index in [0.29, 0.717) is 43.9 Å². The van der Waals surface area contributed by atoms with Crippen molar-refractivity contribution in [3.05, 3.63) is 47.5 Å². The molecule has 0 unspecified atom stereocenters. The third-order valence-corrected chi connectivity index (χ3v) is 13.1. The van der Waals surface area contributed by atoms with E-state index in [0.717, 1.165) is 56.9 Å². The Hall–Kier alpha value is -2.18. The van der Waals surface area contributed by atoms with E-state index < -0.39 is 17.1 Å². The Balaban J connectivity index is 1.46. The Bertz CT molecular complexity index is 1210. The van der Waals surface area contributed by atoms with Crippen LogP contribution in [0.25, 0.3) is 0 Å². The minimum atomic E-state index is -1.17. The van der Waals surface area contributed by atoms with Crippen molar-refractivity contribution in [2.75, 3.05) is 6.61 Å². The molecule has 6 heteroatoms. The third-order valence-electron chi connectivity index (χ3n) is 13.1. The number of aliphatic hydroxyl groups excluding tert-OH is 1. The second-order valence-corrected chi connectivity index (χ2v) is 15.9. The van der Waals surface area contributed by atoms with Gasteiger partial charge in [0.25, 0.3) is 0 Å². The van der Waals surface area contributed by atoms with Crippen molar-refractivity contribution in [3.8, 4) is 0 Å². The minimum Gasteiger partial charge on any atom is -0.462 e. The maximum absolute atomic E-state index is 13.2. The molecule has 0 bridgehead atoms. The van der Waals surface area contributed by atoms with Crippen molar-refractivity contribution in [2.45, 2.75) is 148 Å². The number of aryl methyl sites for hydroxylation is 1. The highest BCUT2D eigenvalue weighted by molar-refractivity contribution is 5.85. The summed E-state index contributed by atoms with van der Waals surface area (Å²) >= 11 is 0. The molecule has 1 heterocycles. The number of carbonyl (C=O) groups excluding carboxylic acids is 2. The monoisotopic (exact) mass is 636 g/mol. The molecule has 0 radical (unpaired) electrons. The van der Waals surface area contributed by atoms with Crippen LogP contribution in [0.4, 0.5) is 0 Å². The van der Waals surface area contributed by atoms with Crippen LogP contribution in [0.2, 0.25) is 0 Å². The standard InChI is InChI=1S/C40H60O6/c1-28(13-11-17-31-15-7-5-8-16-31)14-12-22-39-35(42)21-23-38(4,33-18-9-6-10-19-33)37(39)34(46-30(3)41)25-29(2)40(39,44)24-20-32-26-36(43)45-27-32/h5,7-8,15-16,26,28-29,33-35,37,42,44H,6,9-14,17-25,27H2,1-4H3/t28-,29-,34-,35+,37+,38+,39+,40-/m1/s1. The number of rotatable bonds is 13. The highest BCUT2D eigenvalue weighted by atomic mass is 16.5. The summed E-state index contributed by atoms with van der Waals surface area (Å²) in [7, 11) is 0. The number of benzene rings is 1. The average molecular weight is 637 g/mol. The first-order valence-electron chi connectivity index (χ1n) is 18.5. The van der Waals surface area contributed by atoms with Crippen LogP contribution >= 0.6 is 0 Å². The normalized spacial score (nSPS) is 35.6. The quantitative estimate of drug-likeness (QED) is 0.213. The predicted molar refractivity (Wildman–Crippen MR) is 181 cm³/mol. The number of cyclic esters (lactones) is 1. The average Bonchev–Trinajstić information content (AvgIpc) is 3.46. The van der Waals surface area contributed by atoms with Crippen molar-refractivity contribution in [3.63, 3.8) is 0 Å². The van der Waals surface area contributed by atoms with Crippen LogP contribution in [-0.2, 0) is 25.5 Å². The molecule has 0 saturated heterocycles. The SMILES string of the molecule is CC(=O)O[C@@H]1C[C@@H](C)[C@](O)(CCC2=CC(=O)OC2)[C@]2(CCC[C@H](C)CCCc3ccccc3)[C@@H]1[C@](C)(C1CCCCC1)CC[C@@H]2O. The fourth-order valence-electron chi connectivity index (χ4n) is 10.8. The van der Waals surface area contributed by atoms with Gasteiger partial charge in [-0.3, -0.25) is 4.79 Å². The number of esters is 2. The molecule has 0 aromatic heterocycles. The van der Waals surface area contributed by atoms with Gasteiger partial charge in [0, 0.05) is 24.3 Å². The summed E-state index contributed by atoms with van der Waals surface area (Å²) < 4.78 is 11.5. The van der Waals surface area contributed by atoms with E-state index in [9.17, 15) is 19.8 Å². The molecular formula is C40H60O6. The van der Waals surface area contributed by atoms with Crippen molar-refractivity contribution in [1.82, 2.24) is 0 Å². The molecule has 3 fully saturated rings. The van der Waals surface area contributed by atoms with E-state index in [-0.39, 0.29) is 41.9 Å². The molecule has 0 spiro atoms. The van der Waals surface area contributed by atoms with Gasteiger partial charge < -0.3 is 19.7 Å². The van der Waals surface area contributed by atoms with Gasteiger partial charge in [-0.15, -0.1) is 0 Å². The molecule has 5 rings (SSSR count). The van der Waals surface area contributed by atoms with Crippen LogP contribution in [0.5, 0.6) is 0 Å². The molecule has 1 aliphatic heterocycles. The van der Waals surface area contributed by atoms with Gasteiger partial charge in [0.1, 0.15) is 12.7 Å². The number of hydrogen-bond acceptors (Lipinski definition) is 6. The van der Waals surface area contributed by atoms with Crippen LogP contribution in [0.3, 0.4) is 0 Å². The Morgan fingerprint density at radius 1 is 1.04 bits per heavy atom. The third kappa shape index (κ3) is 7.14. The number of fused-ring (bicyclic) bond motifs is 1. The smallest absolute Gasteiger partial charge is 0.331 e. The number of carbonyl (C=O) groups is 2. The van der Waals surface area contributed by atoms with Gasteiger partial charge in [-0.2, -0.15) is 0 Å². The summed E-state index contributed by atoms with van der Waals surface area (Å²) in [6.07, 6.45) is 15.7. The van der Waals surface area contributed by atoms with Gasteiger partial charge in [-0.1, -0.05) is 89.6 Å². The summed E-state index contributed by atoms with van der Waals surface area (Å²) in [6, 6.07) is 10.7. The lowest BCUT2D eigenvalue weighted by Gasteiger charge is -2.69. The molecule has 46 heavy (non-hydrogen) atoms. The van der Waals surface area contributed by atoms with Gasteiger partial charge in [0.05, 0.1) is 11.7 Å². The summed E-state index contributed by atoms with van der Waals surface area (Å²) in [4.78, 5) is 24.6. The van der Waals surface area contributed by atoms with Crippen LogP contribution < -0.4 is 0 Å². The molecule has 1 aromatic rings. The lowest BCUT2D eigenvalue weighted by Crippen LogP contribution is -2.73. The van der Waals surface area contributed by atoms with Crippen molar-refractivity contribution in [2.24, 2.45) is 34.5 Å². The second kappa shape index (κ2) is 14.9. The lowest BCUT2D eigenvalue weighted by atomic mass is 9.38. The first-order chi connectivity index (χ1) is 22.0. The molecule has 4 aliphatic rings. The zero-order valence-corrected chi connectivity index (χ0v) is 29.0. The topological polar surface area (TPSA) is 93.1 Å². The van der Waals surface area contributed by atoms with E-state index in [1.54, 1.807) is 6.08 Å². The van der Waals surface area contributed by atoms with Crippen LogP contribution in [0.15, 0.2) is 42.0 Å². The van der Waals surface area contributed by atoms with E-state index in [4.69, 9.17) is 9.47 Å². The molecule has 256 valence electrons. The molecule has 3 saturated carbocycles. The Morgan fingerprint density at radius 3 is 2.43 bits per heavy atom. The summed E-state index contributed by atoms with van der Waals surface area (Å²) in [5, 5.41) is 25.6. The maximum atomic E-state index is 13.2. The van der Waals surface area contributed by atoms with Gasteiger partial charge in [-0.25, -0.2) is 4.79 Å². The predicted octanol–water partition coefficient (Wildman–Crippen LogP) is 8.13. The fraction of sp³-hybridized carbons (Fsp3) is 0.750. The molecule has 3 aliphatic carbocycles. The highest BCUT2D eigenvalue weighted by Crippen LogP contribution is 2.69. The van der Waals surface area contributed by atoms with Crippen LogP contribution in [0.1, 0.15) is 130 Å². The van der Waals surface area contributed by atoms with Crippen molar-refractivity contribution >= 4 is 11.9 Å². The lowest BCUT2D eigenvalue weighted by molar-refractivity contribution is -0.301. The first-order valence-corrected chi connectivity index (χ1v) is 18.5. The fourth-order valence-corrected chi connectivity index (χ4v) is 10.8. The zero-order valence-electron chi connectivity index (χ0n) is 29.0. The maximum Gasteiger partial charge on any atom is 0.331 e. The largest absolute Gasteiger partial charge is 0.462 e. The zero-order chi connectivity index (χ0) is 33.0. The highest BCUT2D eigenvalue weighted by Gasteiger charge is 2.71. The Kier molecular flexibility index (Phi) is 11.4. The van der Waals surface area contributed by atoms with Gasteiger partial charge in [-0.05, 0) is 98.5 Å². The van der Waals surface area contributed by atoms with Crippen molar-refractivity contribution in [1.29, 1.82) is 0 Å². The molecule has 8 atom stereocenters. The van der Waals surface area contributed by atoms with E-state index >= 15 is 0 Å². The van der Waals surface area contributed by atoms with Gasteiger partial charge >= 0.3 is 11.9 Å². The first kappa shape index (κ1) is 35.1. The van der Waals surface area contributed by atoms with Gasteiger partial charge in [0.2, 0.25) is 0 Å².